The van der Waals surface area contributed by atoms with Crippen LogP contribution in [0.15, 0.2) is 132 Å². The van der Waals surface area contributed by atoms with Crippen molar-refractivity contribution in [1.29, 1.82) is 0 Å². The fourth-order valence-electron chi connectivity index (χ4n) is 8.07. The Hall–Kier alpha value is -5.48. The molecule has 51 heavy (non-hydrogen) atoms. The van der Waals surface area contributed by atoms with Gasteiger partial charge in [0.05, 0.1) is 16.9 Å². The molecule has 1 N–H and O–H groups in total. The van der Waals surface area contributed by atoms with Gasteiger partial charge >= 0.3 is 0 Å². The summed E-state index contributed by atoms with van der Waals surface area (Å²) in [6, 6.07) is 46.3. The molecule has 1 aliphatic rings. The summed E-state index contributed by atoms with van der Waals surface area (Å²) in [4.78, 5) is 0. The average Bonchev–Trinajstić information content (AvgIpc) is 3.69. The van der Waals surface area contributed by atoms with E-state index < -0.39 is 0 Å². The van der Waals surface area contributed by atoms with Gasteiger partial charge in [-0.2, -0.15) is 0 Å². The molecule has 0 atom stereocenters. The van der Waals surface area contributed by atoms with Gasteiger partial charge in [-0.25, -0.2) is 0 Å². The number of nitrogens with zero attached hydrogens (tertiary/aromatic N) is 1. The van der Waals surface area contributed by atoms with E-state index in [0.717, 1.165) is 40.1 Å². The SMILES string of the molecule is CCCCCc1ccc(Nc2ccccc2-c2cc(C(C)(C)C)c3c4ccccc4n4c3c2[B]c2oc3ccc(-c5ccccc5)cc3c2-4)cc1. The quantitative estimate of drug-likeness (QED) is 0.130. The van der Waals surface area contributed by atoms with Crippen molar-refractivity contribution < 1.29 is 4.42 Å². The second kappa shape index (κ2) is 12.4. The number of unbranched alkanes of at least 4 members (excludes halogenated alkanes) is 2. The van der Waals surface area contributed by atoms with Gasteiger partial charge < -0.3 is 14.3 Å². The molecule has 1 radical (unpaired) electrons. The number of anilines is 2. The van der Waals surface area contributed by atoms with E-state index >= 15 is 0 Å². The summed E-state index contributed by atoms with van der Waals surface area (Å²) < 4.78 is 9.24. The molecule has 0 aliphatic carbocycles. The first-order chi connectivity index (χ1) is 24.9. The molecule has 249 valence electrons. The van der Waals surface area contributed by atoms with Crippen molar-refractivity contribution in [3.05, 3.63) is 139 Å². The Kier molecular flexibility index (Phi) is 7.65. The number of benzene rings is 6. The molecule has 6 aromatic carbocycles. The summed E-state index contributed by atoms with van der Waals surface area (Å²) in [5.74, 6) is 0. The highest BCUT2D eigenvalue weighted by Crippen LogP contribution is 2.44. The molecule has 4 heteroatoms. The number of hydrogen-bond acceptors (Lipinski definition) is 2. The Morgan fingerprint density at radius 1 is 0.706 bits per heavy atom. The number of nitrogens with one attached hydrogen (secondary N) is 1. The lowest BCUT2D eigenvalue weighted by atomic mass is 9.61. The Bertz CT molecular complexity index is 2570. The van der Waals surface area contributed by atoms with Crippen LogP contribution in [0.25, 0.3) is 60.7 Å². The standard InChI is InChI=1S/C47H42BN2O/c1-5-6-8-15-30-22-25-33(26-23-30)49-39-20-13-11-18-34(39)36-29-38(47(2,3)4)42-35-19-12-14-21-40(35)50-44-37-28-32(31-16-9-7-10-17-31)24-27-41(37)51-46(44)48-43(36)45(42)50/h7,9-14,16-29,49H,5-6,8,15H2,1-4H3. The molecule has 0 unspecified atom stereocenters. The predicted molar refractivity (Wildman–Crippen MR) is 218 cm³/mol. The first kappa shape index (κ1) is 31.5. The third-order valence-corrected chi connectivity index (χ3v) is 10.6. The third kappa shape index (κ3) is 5.36. The maximum atomic E-state index is 6.76. The molecule has 0 saturated heterocycles. The van der Waals surface area contributed by atoms with Crippen molar-refractivity contribution in [3.8, 4) is 27.9 Å². The molecule has 0 amide bonds. The summed E-state index contributed by atoms with van der Waals surface area (Å²) in [6.45, 7) is 9.27. The van der Waals surface area contributed by atoms with Gasteiger partial charge in [0.2, 0.25) is 7.28 Å². The second-order valence-corrected chi connectivity index (χ2v) is 15.1. The first-order valence-electron chi connectivity index (χ1n) is 18.4. The van der Waals surface area contributed by atoms with Crippen LogP contribution in [0.3, 0.4) is 0 Å². The highest BCUT2D eigenvalue weighted by Gasteiger charge is 2.33. The van der Waals surface area contributed by atoms with Crippen molar-refractivity contribution in [1.82, 2.24) is 4.57 Å². The van der Waals surface area contributed by atoms with Crippen molar-refractivity contribution >= 4 is 62.6 Å². The zero-order valence-electron chi connectivity index (χ0n) is 29.9. The third-order valence-electron chi connectivity index (χ3n) is 10.6. The van der Waals surface area contributed by atoms with Gasteiger partial charge in [0, 0.05) is 38.6 Å². The van der Waals surface area contributed by atoms with Gasteiger partial charge in [-0.3, -0.25) is 0 Å². The molecule has 0 fully saturated rings. The summed E-state index contributed by atoms with van der Waals surface area (Å²) in [6.07, 6.45) is 4.88. The monoisotopic (exact) mass is 661 g/mol. The van der Waals surface area contributed by atoms with Crippen molar-refractivity contribution in [2.24, 2.45) is 0 Å². The highest BCUT2D eigenvalue weighted by atomic mass is 16.3. The van der Waals surface area contributed by atoms with Crippen molar-refractivity contribution in [2.75, 3.05) is 5.32 Å². The molecule has 1 aliphatic heterocycles. The highest BCUT2D eigenvalue weighted by molar-refractivity contribution is 6.73. The van der Waals surface area contributed by atoms with Crippen LogP contribution in [0.4, 0.5) is 11.4 Å². The molecular weight excluding hydrogens is 619 g/mol. The van der Waals surface area contributed by atoms with E-state index in [-0.39, 0.29) is 5.41 Å². The number of furan rings is 1. The first-order valence-corrected chi connectivity index (χ1v) is 18.4. The molecule has 0 saturated carbocycles. The van der Waals surface area contributed by atoms with Crippen LogP contribution in [0, 0.1) is 0 Å². The fourth-order valence-corrected chi connectivity index (χ4v) is 8.07. The van der Waals surface area contributed by atoms with Gasteiger partial charge in [-0.05, 0) is 87.9 Å². The summed E-state index contributed by atoms with van der Waals surface area (Å²) in [7, 11) is 2.29. The summed E-state index contributed by atoms with van der Waals surface area (Å²) in [5.41, 5.74) is 16.1. The van der Waals surface area contributed by atoms with Crippen LogP contribution in [-0.4, -0.2) is 11.8 Å². The van der Waals surface area contributed by atoms with Gasteiger partial charge in [0.1, 0.15) is 5.58 Å². The van der Waals surface area contributed by atoms with Crippen LogP contribution in [-0.2, 0) is 11.8 Å². The molecule has 3 nitrogen and oxygen atoms in total. The van der Waals surface area contributed by atoms with Crippen molar-refractivity contribution in [3.63, 3.8) is 0 Å². The number of hydrogen-bond donors (Lipinski definition) is 1. The van der Waals surface area contributed by atoms with E-state index in [2.05, 4.69) is 172 Å². The molecule has 8 aromatic rings. The number of aromatic nitrogens is 1. The summed E-state index contributed by atoms with van der Waals surface area (Å²) >= 11 is 0. The lowest BCUT2D eigenvalue weighted by Gasteiger charge is -2.27. The molecule has 2 aromatic heterocycles. The Morgan fingerprint density at radius 3 is 2.27 bits per heavy atom. The van der Waals surface area contributed by atoms with Crippen LogP contribution < -0.4 is 16.4 Å². The number of para-hydroxylation sites is 2. The lowest BCUT2D eigenvalue weighted by molar-refractivity contribution is 0.596. The average molecular weight is 662 g/mol. The minimum absolute atomic E-state index is 0.0998. The van der Waals surface area contributed by atoms with E-state index in [1.54, 1.807) is 0 Å². The molecule has 9 rings (SSSR count). The predicted octanol–water partition coefficient (Wildman–Crippen LogP) is 11.6. The number of aryl methyl sites for hydroxylation is 1. The zero-order chi connectivity index (χ0) is 34.7. The summed E-state index contributed by atoms with van der Waals surface area (Å²) in [5, 5.41) is 7.51. The Morgan fingerprint density at radius 2 is 1.47 bits per heavy atom. The lowest BCUT2D eigenvalue weighted by Crippen LogP contribution is -2.36. The van der Waals surface area contributed by atoms with Crippen molar-refractivity contribution in [2.45, 2.75) is 58.8 Å². The van der Waals surface area contributed by atoms with E-state index in [1.807, 2.05) is 0 Å². The molecular formula is C47H42BN2O. The largest absolute Gasteiger partial charge is 0.469 e. The van der Waals surface area contributed by atoms with Gasteiger partial charge in [-0.1, -0.05) is 132 Å². The van der Waals surface area contributed by atoms with Gasteiger partial charge in [-0.15, -0.1) is 0 Å². The maximum Gasteiger partial charge on any atom is 0.247 e. The zero-order valence-corrected chi connectivity index (χ0v) is 29.9. The van der Waals surface area contributed by atoms with E-state index in [9.17, 15) is 0 Å². The minimum atomic E-state index is -0.0998. The smallest absolute Gasteiger partial charge is 0.247 e. The van der Waals surface area contributed by atoms with E-state index in [0.29, 0.717) is 0 Å². The fraction of sp³-hybridized carbons (Fsp3) is 0.191. The Balaban J connectivity index is 1.27. The molecule has 0 bridgehead atoms. The second-order valence-electron chi connectivity index (χ2n) is 15.1. The van der Waals surface area contributed by atoms with E-state index in [1.165, 1.54) is 79.9 Å². The van der Waals surface area contributed by atoms with Crippen LogP contribution >= 0.6 is 0 Å². The molecule has 3 heterocycles. The molecule has 0 spiro atoms. The van der Waals surface area contributed by atoms with Crippen LogP contribution in [0.5, 0.6) is 0 Å². The number of fused-ring (bicyclic) bond motifs is 7. The Labute approximate surface area is 301 Å². The van der Waals surface area contributed by atoms with Crippen LogP contribution in [0.2, 0.25) is 0 Å². The minimum Gasteiger partial charge on any atom is -0.469 e. The topological polar surface area (TPSA) is 30.1 Å². The van der Waals surface area contributed by atoms with Gasteiger partial charge in [0.25, 0.3) is 0 Å². The van der Waals surface area contributed by atoms with E-state index in [4.69, 9.17) is 4.42 Å². The number of rotatable bonds is 8. The normalized spacial score (nSPS) is 12.4. The van der Waals surface area contributed by atoms with Crippen LogP contribution in [0.1, 0.15) is 58.1 Å². The maximum absolute atomic E-state index is 6.76. The van der Waals surface area contributed by atoms with Gasteiger partial charge in [0.15, 0.2) is 0 Å².